The monoisotopic (exact) mass is 758 g/mol. The van der Waals surface area contributed by atoms with Gasteiger partial charge >= 0.3 is 6.03 Å². The maximum atomic E-state index is 13.9. The van der Waals surface area contributed by atoms with Crippen LogP contribution in [0.25, 0.3) is 11.1 Å². The number of benzene rings is 4. The third-order valence-electron chi connectivity index (χ3n) is 11.5. The molecule has 1 saturated carbocycles. The Bertz CT molecular complexity index is 1910. The topological polar surface area (TPSA) is 112 Å². The van der Waals surface area contributed by atoms with Gasteiger partial charge in [0.1, 0.15) is 0 Å². The van der Waals surface area contributed by atoms with E-state index in [1.54, 1.807) is 0 Å². The molecule has 0 bridgehead atoms. The van der Waals surface area contributed by atoms with E-state index in [4.69, 9.17) is 9.47 Å². The van der Waals surface area contributed by atoms with Gasteiger partial charge in [0.05, 0.1) is 24.9 Å². The number of aliphatic hydroxyl groups is 1. The zero-order valence-corrected chi connectivity index (χ0v) is 33.1. The minimum absolute atomic E-state index is 0.0127. The van der Waals surface area contributed by atoms with Crippen LogP contribution in [0.4, 0.5) is 4.79 Å². The summed E-state index contributed by atoms with van der Waals surface area (Å²) >= 11 is 0. The molecule has 56 heavy (non-hydrogen) atoms. The highest BCUT2D eigenvalue weighted by Crippen LogP contribution is 2.42. The molecule has 0 spiro atoms. The van der Waals surface area contributed by atoms with E-state index in [1.807, 2.05) is 93.6 Å². The van der Waals surface area contributed by atoms with E-state index in [0.717, 1.165) is 58.2 Å². The number of likely N-dealkylation sites (tertiary alicyclic amines) is 1. The largest absolute Gasteiger partial charge is 0.392 e. The van der Waals surface area contributed by atoms with Crippen molar-refractivity contribution in [1.82, 2.24) is 20.9 Å². The van der Waals surface area contributed by atoms with Crippen LogP contribution < -0.4 is 16.0 Å². The third kappa shape index (κ3) is 10.2. The fourth-order valence-corrected chi connectivity index (χ4v) is 8.74. The van der Waals surface area contributed by atoms with Crippen molar-refractivity contribution in [1.29, 1.82) is 0 Å². The molecule has 4 aromatic carbocycles. The summed E-state index contributed by atoms with van der Waals surface area (Å²) in [6.45, 7) is 7.65. The number of aliphatic hydroxyl groups excluding tert-OH is 1. The Labute approximate surface area is 332 Å². The van der Waals surface area contributed by atoms with Crippen LogP contribution in [-0.4, -0.2) is 52.2 Å². The predicted molar refractivity (Wildman–Crippen MR) is 219 cm³/mol. The van der Waals surface area contributed by atoms with Gasteiger partial charge in [-0.3, -0.25) is 9.69 Å². The number of hydrogen-bond acceptors (Lipinski definition) is 6. The van der Waals surface area contributed by atoms with Crippen molar-refractivity contribution < 1.29 is 24.2 Å². The number of carbonyl (C=O) groups is 2. The van der Waals surface area contributed by atoms with Gasteiger partial charge < -0.3 is 30.5 Å². The average molecular weight is 759 g/mol. The van der Waals surface area contributed by atoms with Crippen molar-refractivity contribution in [3.63, 3.8) is 0 Å². The summed E-state index contributed by atoms with van der Waals surface area (Å²) in [4.78, 5) is 28.9. The first-order valence-corrected chi connectivity index (χ1v) is 20.4. The highest BCUT2D eigenvalue weighted by molar-refractivity contribution is 5.82. The number of amides is 3. The lowest BCUT2D eigenvalue weighted by molar-refractivity contribution is -0.255. The van der Waals surface area contributed by atoms with Gasteiger partial charge in [0, 0.05) is 43.2 Å². The van der Waals surface area contributed by atoms with Crippen LogP contribution in [0, 0.1) is 5.92 Å². The molecule has 9 nitrogen and oxygen atoms in total. The first kappa shape index (κ1) is 39.7. The zero-order valence-electron chi connectivity index (χ0n) is 33.1. The van der Waals surface area contributed by atoms with Gasteiger partial charge in [0.15, 0.2) is 6.29 Å². The summed E-state index contributed by atoms with van der Waals surface area (Å²) in [5.74, 6) is 0.713. The fraction of sp³-hybridized carbons (Fsp3) is 0.447. The Kier molecular flexibility index (Phi) is 12.9. The van der Waals surface area contributed by atoms with E-state index < -0.39 is 6.29 Å². The van der Waals surface area contributed by atoms with Crippen LogP contribution in [0.5, 0.6) is 0 Å². The van der Waals surface area contributed by atoms with Crippen molar-refractivity contribution in [2.24, 2.45) is 5.92 Å². The van der Waals surface area contributed by atoms with Crippen molar-refractivity contribution in [2.45, 2.75) is 122 Å². The van der Waals surface area contributed by atoms with E-state index >= 15 is 0 Å². The van der Waals surface area contributed by atoms with Gasteiger partial charge in [-0.15, -0.1) is 0 Å². The molecule has 9 heteroatoms. The SMILES string of the molecule is CC(C)(C)NC(=O)[C@H]1CC[C@H]2CCCC[C@H]2N1C[C@H]1C[C@@H](c2ccc(CO)cc2)O[C@@H](c2cccc(-c3cccc(CNC(=O)NCc4ccccc4)c3)c2)O1. The van der Waals surface area contributed by atoms with Gasteiger partial charge in [-0.05, 0) is 97.9 Å². The van der Waals surface area contributed by atoms with Crippen molar-refractivity contribution in [3.05, 3.63) is 131 Å². The highest BCUT2D eigenvalue weighted by atomic mass is 16.7. The van der Waals surface area contributed by atoms with Crippen molar-refractivity contribution >= 4 is 11.9 Å². The van der Waals surface area contributed by atoms with E-state index in [9.17, 15) is 14.7 Å². The molecule has 4 aromatic rings. The Balaban J connectivity index is 1.10. The van der Waals surface area contributed by atoms with Gasteiger partial charge in [-0.1, -0.05) is 104 Å². The number of fused-ring (bicyclic) bond motifs is 1. The molecule has 2 saturated heterocycles. The maximum absolute atomic E-state index is 13.9. The fourth-order valence-electron chi connectivity index (χ4n) is 8.74. The second-order valence-corrected chi connectivity index (χ2v) is 16.8. The lowest BCUT2D eigenvalue weighted by Crippen LogP contribution is -2.61. The highest BCUT2D eigenvalue weighted by Gasteiger charge is 2.44. The van der Waals surface area contributed by atoms with Crippen molar-refractivity contribution in [2.75, 3.05) is 6.54 Å². The Morgan fingerprint density at radius 2 is 1.43 bits per heavy atom. The summed E-state index contributed by atoms with van der Waals surface area (Å²) in [6.07, 6.45) is 6.35. The molecule has 0 aromatic heterocycles. The number of ether oxygens (including phenoxy) is 2. The predicted octanol–water partition coefficient (Wildman–Crippen LogP) is 8.33. The molecule has 1 aliphatic carbocycles. The normalized spacial score (nSPS) is 24.1. The molecule has 3 fully saturated rings. The lowest BCUT2D eigenvalue weighted by atomic mass is 9.75. The third-order valence-corrected chi connectivity index (χ3v) is 11.5. The molecule has 7 rings (SSSR count). The number of rotatable bonds is 11. The molecule has 6 atom stereocenters. The molecule has 296 valence electrons. The number of nitrogens with one attached hydrogen (secondary N) is 3. The Hall–Kier alpha value is -4.54. The van der Waals surface area contributed by atoms with Crippen LogP contribution in [0.1, 0.15) is 106 Å². The maximum Gasteiger partial charge on any atom is 0.315 e. The van der Waals surface area contributed by atoms with Gasteiger partial charge in [-0.25, -0.2) is 4.79 Å². The minimum Gasteiger partial charge on any atom is -0.392 e. The summed E-state index contributed by atoms with van der Waals surface area (Å²) in [5.41, 5.74) is 6.61. The summed E-state index contributed by atoms with van der Waals surface area (Å²) < 4.78 is 13.7. The van der Waals surface area contributed by atoms with Gasteiger partial charge in [-0.2, -0.15) is 0 Å². The quantitative estimate of drug-likeness (QED) is 0.122. The molecule has 4 N–H and O–H groups in total. The van der Waals surface area contributed by atoms with Gasteiger partial charge in [0.2, 0.25) is 5.91 Å². The standard InChI is InChI=1S/C47H58N4O5/c1-47(2,3)50-44(53)42-24-23-35-14-7-8-18-41(35)51(42)30-40-27-43(36-21-19-33(31-52)20-22-36)56-45(55-40)39-17-10-16-38(26-39)37-15-9-13-34(25-37)29-49-46(54)48-28-32-11-5-4-6-12-32/h4-6,9-13,15-17,19-22,25-26,35,40-43,45,52H,7-8,14,18,23-24,27-31H2,1-3H3,(H,50,53)(H2,48,49,54)/t35-,40-,41-,42-,43+,45+/m1/s1. The molecule has 3 aliphatic rings. The zero-order chi connectivity index (χ0) is 39.1. The van der Waals surface area contributed by atoms with Crippen LogP contribution >= 0.6 is 0 Å². The first-order valence-electron chi connectivity index (χ1n) is 20.4. The molecular weight excluding hydrogens is 701 g/mol. The average Bonchev–Trinajstić information content (AvgIpc) is 3.22. The van der Waals surface area contributed by atoms with E-state index in [0.29, 0.717) is 38.0 Å². The minimum atomic E-state index is -0.622. The number of nitrogens with zero attached hydrogens (tertiary/aromatic N) is 1. The van der Waals surface area contributed by atoms with Crippen LogP contribution in [0.15, 0.2) is 103 Å². The molecule has 0 unspecified atom stereocenters. The summed E-state index contributed by atoms with van der Waals surface area (Å²) in [7, 11) is 0. The lowest BCUT2D eigenvalue weighted by Gasteiger charge is -2.50. The number of carbonyl (C=O) groups excluding carboxylic acids is 2. The molecule has 2 aliphatic heterocycles. The smallest absolute Gasteiger partial charge is 0.315 e. The summed E-state index contributed by atoms with van der Waals surface area (Å²) in [6, 6.07) is 34.3. The van der Waals surface area contributed by atoms with E-state index in [2.05, 4.69) is 51.2 Å². The Morgan fingerprint density at radius 3 is 2.18 bits per heavy atom. The van der Waals surface area contributed by atoms with Crippen LogP contribution in [0.2, 0.25) is 0 Å². The van der Waals surface area contributed by atoms with Gasteiger partial charge in [0.25, 0.3) is 0 Å². The van der Waals surface area contributed by atoms with Crippen LogP contribution in [0.3, 0.4) is 0 Å². The Morgan fingerprint density at radius 1 is 0.732 bits per heavy atom. The summed E-state index contributed by atoms with van der Waals surface area (Å²) in [5, 5.41) is 18.9. The molecule has 3 amide bonds. The first-order chi connectivity index (χ1) is 27.1. The number of piperidine rings is 1. The van der Waals surface area contributed by atoms with E-state index in [1.165, 1.54) is 19.3 Å². The molecular formula is C47H58N4O5. The number of urea groups is 1. The molecule has 2 heterocycles. The van der Waals surface area contributed by atoms with Crippen LogP contribution in [-0.2, 0) is 34.0 Å². The second kappa shape index (κ2) is 18.2. The van der Waals surface area contributed by atoms with E-state index in [-0.39, 0.29) is 42.3 Å². The second-order valence-electron chi connectivity index (χ2n) is 16.8. The molecule has 0 radical (unpaired) electrons. The van der Waals surface area contributed by atoms with Crippen molar-refractivity contribution in [3.8, 4) is 11.1 Å². The number of hydrogen-bond donors (Lipinski definition) is 4.